The van der Waals surface area contributed by atoms with Crippen molar-refractivity contribution in [1.82, 2.24) is 0 Å². The lowest BCUT2D eigenvalue weighted by Crippen LogP contribution is -2.11. The van der Waals surface area contributed by atoms with E-state index in [4.69, 9.17) is 0 Å². The third-order valence-corrected chi connectivity index (χ3v) is 3.36. The van der Waals surface area contributed by atoms with Crippen LogP contribution in [0.15, 0.2) is 24.3 Å². The Kier molecular flexibility index (Phi) is 2.85. The maximum Gasteiger partial charge on any atom is 0.126 e. The highest BCUT2D eigenvalue weighted by Gasteiger charge is 2.21. The second-order valence-corrected chi connectivity index (χ2v) is 4.48. The zero-order chi connectivity index (χ0) is 9.97. The first-order valence-electron chi connectivity index (χ1n) is 5.52. The average molecular weight is 192 g/mol. The van der Waals surface area contributed by atoms with Gasteiger partial charge in [0.05, 0.1) is 0 Å². The van der Waals surface area contributed by atoms with Gasteiger partial charge < -0.3 is 0 Å². The van der Waals surface area contributed by atoms with Gasteiger partial charge in [-0.15, -0.1) is 0 Å². The normalized spacial score (nSPS) is 27.6. The van der Waals surface area contributed by atoms with Crippen LogP contribution in [0, 0.1) is 11.7 Å². The van der Waals surface area contributed by atoms with Crippen molar-refractivity contribution in [3.8, 4) is 0 Å². The summed E-state index contributed by atoms with van der Waals surface area (Å²) in [7, 11) is 0. The molecule has 0 N–H and O–H groups in total. The van der Waals surface area contributed by atoms with Crippen LogP contribution < -0.4 is 0 Å². The third-order valence-electron chi connectivity index (χ3n) is 3.36. The molecule has 1 fully saturated rings. The van der Waals surface area contributed by atoms with Crippen LogP contribution in [0.3, 0.4) is 0 Å². The zero-order valence-electron chi connectivity index (χ0n) is 8.67. The van der Waals surface area contributed by atoms with Crippen LogP contribution in [-0.4, -0.2) is 0 Å². The molecule has 2 rings (SSSR count). The third kappa shape index (κ3) is 1.97. The minimum absolute atomic E-state index is 0.0212. The molecule has 0 unspecified atom stereocenters. The highest BCUT2D eigenvalue weighted by molar-refractivity contribution is 5.22. The number of hydrogen-bond donors (Lipinski definition) is 0. The van der Waals surface area contributed by atoms with Crippen LogP contribution in [0.4, 0.5) is 4.39 Å². The van der Waals surface area contributed by atoms with E-state index in [9.17, 15) is 4.39 Å². The molecule has 76 valence electrons. The summed E-state index contributed by atoms with van der Waals surface area (Å²) in [5.41, 5.74) is 0.930. The van der Waals surface area contributed by atoms with Crippen molar-refractivity contribution in [2.75, 3.05) is 0 Å². The van der Waals surface area contributed by atoms with Crippen molar-refractivity contribution in [2.24, 2.45) is 5.92 Å². The van der Waals surface area contributed by atoms with Gasteiger partial charge >= 0.3 is 0 Å². The highest BCUT2D eigenvalue weighted by Crippen LogP contribution is 2.36. The monoisotopic (exact) mass is 192 g/mol. The Bertz CT molecular complexity index is 298. The van der Waals surface area contributed by atoms with Gasteiger partial charge in [-0.3, -0.25) is 0 Å². The Morgan fingerprint density at radius 2 is 1.71 bits per heavy atom. The Labute approximate surface area is 85.1 Å². The largest absolute Gasteiger partial charge is 0.207 e. The molecule has 1 aliphatic carbocycles. The summed E-state index contributed by atoms with van der Waals surface area (Å²) in [6.45, 7) is 2.29. The van der Waals surface area contributed by atoms with Crippen molar-refractivity contribution in [1.29, 1.82) is 0 Å². The number of hydrogen-bond acceptors (Lipinski definition) is 0. The second-order valence-electron chi connectivity index (χ2n) is 4.48. The topological polar surface area (TPSA) is 0 Å². The first kappa shape index (κ1) is 9.70. The SMILES string of the molecule is CC1CCC(c2ccccc2F)CC1. The van der Waals surface area contributed by atoms with Gasteiger partial charge in [0.2, 0.25) is 0 Å². The van der Waals surface area contributed by atoms with E-state index >= 15 is 0 Å². The van der Waals surface area contributed by atoms with Crippen LogP contribution >= 0.6 is 0 Å². The molecule has 1 saturated carbocycles. The van der Waals surface area contributed by atoms with Crippen molar-refractivity contribution in [2.45, 2.75) is 38.5 Å². The zero-order valence-corrected chi connectivity index (χ0v) is 8.67. The fraction of sp³-hybridized carbons (Fsp3) is 0.538. The average Bonchev–Trinajstić information content (AvgIpc) is 2.20. The molecule has 0 amide bonds. The first-order chi connectivity index (χ1) is 6.77. The van der Waals surface area contributed by atoms with Crippen LogP contribution in [0.5, 0.6) is 0 Å². The van der Waals surface area contributed by atoms with Crippen molar-refractivity contribution in [3.63, 3.8) is 0 Å². The Balaban J connectivity index is 2.12. The molecule has 0 aliphatic heterocycles. The minimum Gasteiger partial charge on any atom is -0.207 e. The van der Waals surface area contributed by atoms with Crippen molar-refractivity contribution < 1.29 is 4.39 Å². The molecular weight excluding hydrogens is 175 g/mol. The van der Waals surface area contributed by atoms with Crippen molar-refractivity contribution >= 4 is 0 Å². The number of benzene rings is 1. The van der Waals surface area contributed by atoms with Gasteiger partial charge in [-0.25, -0.2) is 4.39 Å². The first-order valence-corrected chi connectivity index (χ1v) is 5.52. The van der Waals surface area contributed by atoms with Crippen LogP contribution in [0.2, 0.25) is 0 Å². The van der Waals surface area contributed by atoms with E-state index < -0.39 is 0 Å². The Morgan fingerprint density at radius 3 is 2.36 bits per heavy atom. The fourth-order valence-corrected chi connectivity index (χ4v) is 2.38. The van der Waals surface area contributed by atoms with E-state index in [0.29, 0.717) is 5.92 Å². The van der Waals surface area contributed by atoms with E-state index in [1.807, 2.05) is 12.1 Å². The molecule has 1 heteroatoms. The maximum absolute atomic E-state index is 13.5. The minimum atomic E-state index is -0.0212. The molecule has 0 spiro atoms. The summed E-state index contributed by atoms with van der Waals surface area (Å²) in [5, 5.41) is 0. The lowest BCUT2D eigenvalue weighted by atomic mass is 9.79. The molecule has 0 nitrogen and oxygen atoms in total. The van der Waals surface area contributed by atoms with Crippen LogP contribution in [-0.2, 0) is 0 Å². The van der Waals surface area contributed by atoms with E-state index in [1.54, 1.807) is 12.1 Å². The molecule has 0 bridgehead atoms. The van der Waals surface area contributed by atoms with Gasteiger partial charge in [-0.05, 0) is 36.3 Å². The second kappa shape index (κ2) is 4.12. The molecule has 1 aromatic rings. The summed E-state index contributed by atoms with van der Waals surface area (Å²) in [5.74, 6) is 1.28. The van der Waals surface area contributed by atoms with Gasteiger partial charge in [0.25, 0.3) is 0 Å². The van der Waals surface area contributed by atoms with Gasteiger partial charge in [0, 0.05) is 0 Å². The summed E-state index contributed by atoms with van der Waals surface area (Å²) < 4.78 is 13.5. The molecule has 0 heterocycles. The van der Waals surface area contributed by atoms with Gasteiger partial charge in [0.15, 0.2) is 0 Å². The molecular formula is C13H17F. The lowest BCUT2D eigenvalue weighted by Gasteiger charge is -2.26. The van der Waals surface area contributed by atoms with E-state index in [0.717, 1.165) is 24.3 Å². The van der Waals surface area contributed by atoms with E-state index in [1.165, 1.54) is 12.8 Å². The molecule has 14 heavy (non-hydrogen) atoms. The smallest absolute Gasteiger partial charge is 0.126 e. The molecule has 1 aliphatic rings. The molecule has 1 aromatic carbocycles. The van der Waals surface area contributed by atoms with Gasteiger partial charge in [0.1, 0.15) is 5.82 Å². The van der Waals surface area contributed by atoms with Crippen molar-refractivity contribution in [3.05, 3.63) is 35.6 Å². The van der Waals surface area contributed by atoms with Gasteiger partial charge in [-0.1, -0.05) is 38.0 Å². The predicted molar refractivity (Wildman–Crippen MR) is 56.8 cm³/mol. The maximum atomic E-state index is 13.5. The molecule has 0 aromatic heterocycles. The molecule has 0 radical (unpaired) electrons. The quantitative estimate of drug-likeness (QED) is 0.628. The summed E-state index contributed by atoms with van der Waals surface area (Å²) in [6, 6.07) is 7.23. The molecule has 0 saturated heterocycles. The fourth-order valence-electron chi connectivity index (χ4n) is 2.38. The summed E-state index contributed by atoms with van der Waals surface area (Å²) in [6.07, 6.45) is 4.81. The van der Waals surface area contributed by atoms with Gasteiger partial charge in [-0.2, -0.15) is 0 Å². The highest BCUT2D eigenvalue weighted by atomic mass is 19.1. The summed E-state index contributed by atoms with van der Waals surface area (Å²) >= 11 is 0. The number of rotatable bonds is 1. The molecule has 0 atom stereocenters. The van der Waals surface area contributed by atoms with E-state index in [2.05, 4.69) is 6.92 Å². The lowest BCUT2D eigenvalue weighted by molar-refractivity contribution is 0.342. The Morgan fingerprint density at radius 1 is 1.07 bits per heavy atom. The Hall–Kier alpha value is -0.850. The van der Waals surface area contributed by atoms with Crippen LogP contribution in [0.25, 0.3) is 0 Å². The van der Waals surface area contributed by atoms with E-state index in [-0.39, 0.29) is 5.82 Å². The number of halogens is 1. The predicted octanol–water partition coefficient (Wildman–Crippen LogP) is 4.12. The standard InChI is InChI=1S/C13H17F/c1-10-6-8-11(9-7-10)12-4-2-3-5-13(12)14/h2-5,10-11H,6-9H2,1H3. The van der Waals surface area contributed by atoms with Crippen LogP contribution in [0.1, 0.15) is 44.1 Å². The summed E-state index contributed by atoms with van der Waals surface area (Å²) in [4.78, 5) is 0.